The fraction of sp³-hybridized carbons (Fsp3) is 0.333. The highest BCUT2D eigenvalue weighted by molar-refractivity contribution is 8.18. The largest absolute Gasteiger partial charge is 0.496 e. The van der Waals surface area contributed by atoms with Crippen LogP contribution in [0, 0.1) is 6.92 Å². The molecule has 1 fully saturated rings. The molecule has 20 heavy (non-hydrogen) atoms. The van der Waals surface area contributed by atoms with Gasteiger partial charge < -0.3 is 4.74 Å². The van der Waals surface area contributed by atoms with Gasteiger partial charge in [0.1, 0.15) is 5.75 Å². The van der Waals surface area contributed by atoms with Crippen molar-refractivity contribution in [1.82, 2.24) is 5.32 Å². The van der Waals surface area contributed by atoms with E-state index < -0.39 is 0 Å². The normalized spacial score (nSPS) is 16.9. The lowest BCUT2D eigenvalue weighted by molar-refractivity contribution is -0.115. The van der Waals surface area contributed by atoms with E-state index in [9.17, 15) is 9.59 Å². The molecular formula is C15H17NO3S. The van der Waals surface area contributed by atoms with Crippen LogP contribution in [0.1, 0.15) is 36.5 Å². The van der Waals surface area contributed by atoms with Crippen LogP contribution in [0.2, 0.25) is 0 Å². The van der Waals surface area contributed by atoms with Crippen molar-refractivity contribution in [2.75, 3.05) is 7.11 Å². The Morgan fingerprint density at radius 2 is 2.00 bits per heavy atom. The Balaban J connectivity index is 2.47. The second-order valence-electron chi connectivity index (χ2n) is 4.96. The quantitative estimate of drug-likeness (QED) is 0.867. The average molecular weight is 291 g/mol. The van der Waals surface area contributed by atoms with Crippen LogP contribution in [0.15, 0.2) is 17.0 Å². The number of rotatable bonds is 3. The van der Waals surface area contributed by atoms with Gasteiger partial charge in [-0.2, -0.15) is 0 Å². The summed E-state index contributed by atoms with van der Waals surface area (Å²) in [6.07, 6.45) is 1.76. The number of thioether (sulfide) groups is 1. The zero-order chi connectivity index (χ0) is 14.9. The molecule has 4 nitrogen and oxygen atoms in total. The average Bonchev–Trinajstić information content (AvgIpc) is 2.69. The standard InChI is InChI=1S/C15H17NO3S/c1-8(2)11-6-10(9(3)5-12(11)19-4)7-13-14(17)16-15(18)20-13/h5-8H,1-4H3,(H,16,17,18)/b13-7-. The van der Waals surface area contributed by atoms with E-state index in [2.05, 4.69) is 19.2 Å². The molecule has 0 aromatic heterocycles. The molecule has 1 heterocycles. The molecule has 1 aromatic rings. The van der Waals surface area contributed by atoms with Gasteiger partial charge >= 0.3 is 0 Å². The number of carbonyl (C=O) groups is 2. The topological polar surface area (TPSA) is 55.4 Å². The Morgan fingerprint density at radius 1 is 1.30 bits per heavy atom. The van der Waals surface area contributed by atoms with Gasteiger partial charge in [0.05, 0.1) is 12.0 Å². The Bertz CT molecular complexity index is 605. The molecule has 0 aliphatic carbocycles. The number of imide groups is 1. The molecule has 1 aliphatic heterocycles. The van der Waals surface area contributed by atoms with Crippen LogP contribution in [0.4, 0.5) is 4.79 Å². The maximum absolute atomic E-state index is 11.6. The number of methoxy groups -OCH3 is 1. The van der Waals surface area contributed by atoms with Crippen molar-refractivity contribution in [3.8, 4) is 5.75 Å². The van der Waals surface area contributed by atoms with Crippen molar-refractivity contribution in [2.45, 2.75) is 26.7 Å². The van der Waals surface area contributed by atoms with Gasteiger partial charge in [-0.3, -0.25) is 14.9 Å². The summed E-state index contributed by atoms with van der Waals surface area (Å²) in [6.45, 7) is 6.13. The van der Waals surface area contributed by atoms with E-state index in [0.29, 0.717) is 10.8 Å². The molecule has 1 N–H and O–H groups in total. The van der Waals surface area contributed by atoms with Crippen LogP contribution in [-0.2, 0) is 4.79 Å². The van der Waals surface area contributed by atoms with E-state index in [1.54, 1.807) is 13.2 Å². The molecule has 0 radical (unpaired) electrons. The number of carbonyl (C=O) groups excluding carboxylic acids is 2. The van der Waals surface area contributed by atoms with Crippen LogP contribution in [0.5, 0.6) is 5.75 Å². The van der Waals surface area contributed by atoms with Crippen LogP contribution < -0.4 is 10.1 Å². The first-order valence-electron chi connectivity index (χ1n) is 6.35. The first-order chi connectivity index (χ1) is 9.42. The maximum Gasteiger partial charge on any atom is 0.290 e. The Hall–Kier alpha value is -1.75. The highest BCUT2D eigenvalue weighted by atomic mass is 32.2. The molecule has 0 atom stereocenters. The van der Waals surface area contributed by atoms with Crippen molar-refractivity contribution in [1.29, 1.82) is 0 Å². The predicted octanol–water partition coefficient (Wildman–Crippen LogP) is 3.45. The van der Waals surface area contributed by atoms with E-state index in [-0.39, 0.29) is 11.1 Å². The Labute approximate surface area is 122 Å². The van der Waals surface area contributed by atoms with Crippen molar-refractivity contribution in [2.24, 2.45) is 0 Å². The molecule has 5 heteroatoms. The van der Waals surface area contributed by atoms with Crippen LogP contribution >= 0.6 is 11.8 Å². The molecule has 0 bridgehead atoms. The molecule has 0 unspecified atom stereocenters. The Morgan fingerprint density at radius 3 is 2.50 bits per heavy atom. The van der Waals surface area contributed by atoms with Crippen molar-refractivity contribution in [3.05, 3.63) is 33.7 Å². The third-order valence-corrected chi connectivity index (χ3v) is 3.98. The van der Waals surface area contributed by atoms with Gasteiger partial charge in [0, 0.05) is 0 Å². The zero-order valence-corrected chi connectivity index (χ0v) is 12.8. The fourth-order valence-corrected chi connectivity index (χ4v) is 2.73. The van der Waals surface area contributed by atoms with Crippen LogP contribution in [-0.4, -0.2) is 18.3 Å². The number of benzene rings is 1. The van der Waals surface area contributed by atoms with Gasteiger partial charge in [0.2, 0.25) is 0 Å². The van der Waals surface area contributed by atoms with Gasteiger partial charge in [-0.1, -0.05) is 13.8 Å². The predicted molar refractivity (Wildman–Crippen MR) is 80.9 cm³/mol. The summed E-state index contributed by atoms with van der Waals surface area (Å²) >= 11 is 0.932. The highest BCUT2D eigenvalue weighted by Gasteiger charge is 2.25. The van der Waals surface area contributed by atoms with Crippen molar-refractivity contribution in [3.63, 3.8) is 0 Å². The SMILES string of the molecule is COc1cc(C)c(/C=C2\SC(=O)NC2=O)cc1C(C)C. The third kappa shape index (κ3) is 2.88. The smallest absolute Gasteiger partial charge is 0.290 e. The van der Waals surface area contributed by atoms with Gasteiger partial charge in [-0.25, -0.2) is 0 Å². The molecule has 2 amide bonds. The molecule has 1 aliphatic rings. The molecule has 1 saturated heterocycles. The minimum Gasteiger partial charge on any atom is -0.496 e. The number of nitrogens with one attached hydrogen (secondary N) is 1. The lowest BCUT2D eigenvalue weighted by Gasteiger charge is -2.14. The van der Waals surface area contributed by atoms with Gasteiger partial charge in [-0.15, -0.1) is 0 Å². The number of hydrogen-bond donors (Lipinski definition) is 1. The van der Waals surface area contributed by atoms with Crippen molar-refractivity contribution >= 4 is 29.0 Å². The second kappa shape index (κ2) is 5.71. The van der Waals surface area contributed by atoms with Crippen molar-refractivity contribution < 1.29 is 14.3 Å². The molecule has 2 rings (SSSR count). The van der Waals surface area contributed by atoms with E-state index in [4.69, 9.17) is 4.74 Å². The number of ether oxygens (including phenoxy) is 1. The number of hydrogen-bond acceptors (Lipinski definition) is 4. The van der Waals surface area contributed by atoms with E-state index in [1.165, 1.54) is 0 Å². The Kier molecular flexibility index (Phi) is 4.18. The monoisotopic (exact) mass is 291 g/mol. The van der Waals surface area contributed by atoms with Gasteiger partial charge in [-0.05, 0) is 59.5 Å². The minimum absolute atomic E-state index is 0.314. The minimum atomic E-state index is -0.332. The lowest BCUT2D eigenvalue weighted by atomic mass is 9.96. The second-order valence-corrected chi connectivity index (χ2v) is 5.97. The molecule has 0 spiro atoms. The summed E-state index contributed by atoms with van der Waals surface area (Å²) < 4.78 is 5.39. The van der Waals surface area contributed by atoms with E-state index in [0.717, 1.165) is 34.2 Å². The molecule has 1 aromatic carbocycles. The lowest BCUT2D eigenvalue weighted by Crippen LogP contribution is -2.17. The van der Waals surface area contributed by atoms with Gasteiger partial charge in [0.15, 0.2) is 0 Å². The summed E-state index contributed by atoms with van der Waals surface area (Å²) in [5.41, 5.74) is 3.02. The summed E-state index contributed by atoms with van der Waals surface area (Å²) in [4.78, 5) is 23.2. The van der Waals surface area contributed by atoms with E-state index >= 15 is 0 Å². The fourth-order valence-electron chi connectivity index (χ4n) is 2.06. The summed E-state index contributed by atoms with van der Waals surface area (Å²) in [5, 5.41) is 1.94. The summed E-state index contributed by atoms with van der Waals surface area (Å²) in [6, 6.07) is 3.98. The summed E-state index contributed by atoms with van der Waals surface area (Å²) in [7, 11) is 1.65. The third-order valence-electron chi connectivity index (χ3n) is 3.17. The highest BCUT2D eigenvalue weighted by Crippen LogP contribution is 2.32. The maximum atomic E-state index is 11.6. The zero-order valence-electron chi connectivity index (χ0n) is 11.9. The molecular weight excluding hydrogens is 274 g/mol. The first kappa shape index (κ1) is 14.7. The summed E-state index contributed by atoms with van der Waals surface area (Å²) in [5.74, 6) is 0.829. The molecule has 0 saturated carbocycles. The number of aryl methyl sites for hydroxylation is 1. The first-order valence-corrected chi connectivity index (χ1v) is 7.17. The molecule has 106 valence electrons. The van der Waals surface area contributed by atoms with Gasteiger partial charge in [0.25, 0.3) is 11.1 Å². The van der Waals surface area contributed by atoms with E-state index in [1.807, 2.05) is 19.1 Å². The van der Waals surface area contributed by atoms with Crippen LogP contribution in [0.3, 0.4) is 0 Å². The van der Waals surface area contributed by atoms with Crippen LogP contribution in [0.25, 0.3) is 6.08 Å². The number of amides is 2.